The molecule has 0 amide bonds. The van der Waals surface area contributed by atoms with Gasteiger partial charge in [-0.05, 0) is 0 Å². The van der Waals surface area contributed by atoms with E-state index in [1.165, 1.54) is 0 Å². The van der Waals surface area contributed by atoms with Crippen LogP contribution in [0, 0.1) is 0 Å². The molecule has 0 spiro atoms. The molecule has 0 aromatic rings. The molecule has 42 heavy (non-hydrogen) atoms. The summed E-state index contributed by atoms with van der Waals surface area (Å²) in [6, 6.07) is 0. The second-order valence-corrected chi connectivity index (χ2v) is 13.5. The number of rotatable bonds is 12. The molecule has 1 aliphatic rings. The standard InChI is InChI=1S/C6H18O24P6.6Ca/c7-31(8,9)25-1-2(26-32(10,11)12)4(28-34(16,17)18)6(30-36(22,23)24)5(29-35(19,20)21)3(1)27-33(13,14)15;;;;;;/h1-6H,(H2,7,8,9)(H2,10,11,12)(H2,13,14,15)(H2,16,17,18)(H2,19,20,21)(H2,22,23,24);;;;;;. The van der Waals surface area contributed by atoms with E-state index in [1.54, 1.807) is 0 Å². The molecule has 1 aliphatic carbocycles. The number of phosphoric ester groups is 6. The fourth-order valence-electron chi connectivity index (χ4n) is 2.79. The van der Waals surface area contributed by atoms with Gasteiger partial charge in [0.15, 0.2) is 0 Å². The van der Waals surface area contributed by atoms with Gasteiger partial charge in [0.25, 0.3) is 0 Å². The Hall–Kier alpha value is 8.22. The van der Waals surface area contributed by atoms with Crippen LogP contribution in [0.25, 0.3) is 0 Å². The smallest absolute Gasteiger partial charge is 0.303 e. The number of hydrogen-bond acceptors (Lipinski definition) is 12. The maximum atomic E-state index is 11.4. The van der Waals surface area contributed by atoms with Crippen LogP contribution in [0.1, 0.15) is 0 Å². The van der Waals surface area contributed by atoms with Gasteiger partial charge < -0.3 is 58.7 Å². The van der Waals surface area contributed by atoms with Gasteiger partial charge in [-0.15, -0.1) is 0 Å². The second kappa shape index (κ2) is 24.6. The summed E-state index contributed by atoms with van der Waals surface area (Å²) < 4.78 is 93.1. The molecular formula is C6H18Ca6O24P6. The molecule has 12 N–H and O–H groups in total. The number of phosphoric acid groups is 6. The average Bonchev–Trinajstić information content (AvgIpc) is 2.51. The van der Waals surface area contributed by atoms with E-state index in [-0.39, 0.29) is 226 Å². The second-order valence-electron chi connectivity index (χ2n) is 6.36. The Kier molecular flexibility index (Phi) is 36.4. The maximum absolute atomic E-state index is 11.4. The van der Waals surface area contributed by atoms with Gasteiger partial charge in [-0.2, -0.15) is 0 Å². The van der Waals surface area contributed by atoms with Crippen LogP contribution in [0.15, 0.2) is 0 Å². The number of hydrogen-bond donors (Lipinski definition) is 12. The van der Waals surface area contributed by atoms with E-state index in [9.17, 15) is 27.4 Å². The molecule has 1 rings (SSSR count). The molecule has 0 bridgehead atoms. The molecule has 0 atom stereocenters. The zero-order valence-electron chi connectivity index (χ0n) is 20.7. The Morgan fingerprint density at radius 2 is 0.333 bits per heavy atom. The molecule has 0 unspecified atom stereocenters. The van der Waals surface area contributed by atoms with Crippen LogP contribution < -0.4 is 0 Å². The van der Waals surface area contributed by atoms with E-state index in [2.05, 4.69) is 27.1 Å². The van der Waals surface area contributed by atoms with Crippen molar-refractivity contribution >= 4 is 273 Å². The third-order valence-corrected chi connectivity index (χ3v) is 6.61. The van der Waals surface area contributed by atoms with Gasteiger partial charge in [0.2, 0.25) is 0 Å². The average molecular weight is 900 g/mol. The Bertz CT molecular complexity index is 843. The van der Waals surface area contributed by atoms with Gasteiger partial charge in [-0.25, -0.2) is 27.4 Å². The first-order chi connectivity index (χ1) is 15.6. The molecule has 0 aliphatic heterocycles. The molecule has 12 radical (unpaired) electrons. The van der Waals surface area contributed by atoms with E-state index in [0.29, 0.717) is 0 Å². The van der Waals surface area contributed by atoms with Crippen molar-refractivity contribution in [1.82, 2.24) is 0 Å². The van der Waals surface area contributed by atoms with Crippen molar-refractivity contribution < 1.29 is 113 Å². The minimum atomic E-state index is -6.02. The van der Waals surface area contributed by atoms with E-state index in [1.807, 2.05) is 0 Å². The zero-order valence-corrected chi connectivity index (χ0v) is 39.3. The van der Waals surface area contributed by atoms with Gasteiger partial charge in [-0.3, -0.25) is 27.1 Å². The minimum Gasteiger partial charge on any atom is -0.303 e. The van der Waals surface area contributed by atoms with Crippen LogP contribution in [0.3, 0.4) is 0 Å². The monoisotopic (exact) mass is 900 g/mol. The topological polar surface area (TPSA) is 401 Å². The van der Waals surface area contributed by atoms with Gasteiger partial charge in [-0.1, -0.05) is 0 Å². The summed E-state index contributed by atoms with van der Waals surface area (Å²) in [4.78, 5) is 110. The van der Waals surface area contributed by atoms with Gasteiger partial charge >= 0.3 is 46.9 Å². The molecule has 1 fully saturated rings. The summed E-state index contributed by atoms with van der Waals surface area (Å²) in [6.45, 7) is 0. The fourth-order valence-corrected chi connectivity index (χ4v) is 6.14. The molecular weight excluding hydrogens is 882 g/mol. The van der Waals surface area contributed by atoms with E-state index < -0.39 is 83.6 Å². The molecule has 0 saturated heterocycles. The molecule has 1 saturated carbocycles. The largest absolute Gasteiger partial charge is 0.470 e. The first kappa shape index (κ1) is 62.2. The third kappa shape index (κ3) is 27.8. The van der Waals surface area contributed by atoms with E-state index >= 15 is 0 Å². The predicted molar refractivity (Wildman–Crippen MR) is 136 cm³/mol. The quantitative estimate of drug-likeness (QED) is 0.0642. The molecule has 228 valence electrons. The van der Waals surface area contributed by atoms with Crippen LogP contribution >= 0.6 is 46.9 Å². The molecule has 0 aromatic carbocycles. The van der Waals surface area contributed by atoms with Crippen molar-refractivity contribution in [2.45, 2.75) is 36.6 Å². The van der Waals surface area contributed by atoms with Crippen molar-refractivity contribution in [3.63, 3.8) is 0 Å². The summed E-state index contributed by atoms with van der Waals surface area (Å²) in [6.07, 6.45) is -18.9. The van der Waals surface area contributed by atoms with Gasteiger partial charge in [0.1, 0.15) is 36.6 Å². The SMILES string of the molecule is O=P(O)(O)OC1C(OP(=O)(O)O)C(OP(=O)(O)O)C(OP(=O)(O)O)C(OP(=O)(O)O)C1OP(=O)(O)O.[Ca].[Ca].[Ca].[Ca].[Ca].[Ca]. The van der Waals surface area contributed by atoms with Crippen molar-refractivity contribution in [3.05, 3.63) is 0 Å². The Morgan fingerprint density at radius 1 is 0.262 bits per heavy atom. The Morgan fingerprint density at radius 3 is 0.381 bits per heavy atom. The van der Waals surface area contributed by atoms with Crippen LogP contribution in [-0.4, -0.2) is 322 Å². The van der Waals surface area contributed by atoms with Gasteiger partial charge in [0.05, 0.1) is 0 Å². The molecule has 0 heterocycles. The first-order valence-corrected chi connectivity index (χ1v) is 17.2. The van der Waals surface area contributed by atoms with Gasteiger partial charge in [0, 0.05) is 226 Å². The molecule has 36 heteroatoms. The van der Waals surface area contributed by atoms with Crippen LogP contribution in [0.5, 0.6) is 0 Å². The minimum absolute atomic E-state index is 0. The van der Waals surface area contributed by atoms with Crippen molar-refractivity contribution in [2.75, 3.05) is 0 Å². The van der Waals surface area contributed by atoms with Crippen molar-refractivity contribution in [2.24, 2.45) is 0 Å². The molecule has 24 nitrogen and oxygen atoms in total. The maximum Gasteiger partial charge on any atom is 0.470 e. The Balaban J connectivity index is -0.000000540. The van der Waals surface area contributed by atoms with Crippen LogP contribution in [0.2, 0.25) is 0 Å². The van der Waals surface area contributed by atoms with Crippen LogP contribution in [-0.2, 0) is 54.5 Å². The summed E-state index contributed by atoms with van der Waals surface area (Å²) >= 11 is 0. The summed E-state index contributed by atoms with van der Waals surface area (Å²) in [7, 11) is -36.1. The summed E-state index contributed by atoms with van der Waals surface area (Å²) in [5, 5.41) is 0. The summed E-state index contributed by atoms with van der Waals surface area (Å²) in [5.74, 6) is 0. The van der Waals surface area contributed by atoms with E-state index in [4.69, 9.17) is 58.7 Å². The normalized spacial score (nSPS) is 25.1. The predicted octanol–water partition coefficient (Wildman–Crippen LogP) is -5.42. The summed E-state index contributed by atoms with van der Waals surface area (Å²) in [5.41, 5.74) is 0. The van der Waals surface area contributed by atoms with E-state index in [0.717, 1.165) is 0 Å². The van der Waals surface area contributed by atoms with Crippen LogP contribution in [0.4, 0.5) is 0 Å². The fraction of sp³-hybridized carbons (Fsp3) is 1.00. The third-order valence-electron chi connectivity index (χ3n) is 3.50. The van der Waals surface area contributed by atoms with Crippen molar-refractivity contribution in [3.8, 4) is 0 Å². The Labute approximate surface area is 414 Å². The van der Waals surface area contributed by atoms with Crippen molar-refractivity contribution in [1.29, 1.82) is 0 Å². The first-order valence-electron chi connectivity index (χ1n) is 8.01. The zero-order chi connectivity index (χ0) is 28.7. The molecule has 0 aromatic heterocycles.